The Bertz CT molecular complexity index is 503. The van der Waals surface area contributed by atoms with Gasteiger partial charge in [-0.1, -0.05) is 18.3 Å². The number of halogens is 3. The molecule has 5 nitrogen and oxygen atoms in total. The topological polar surface area (TPSA) is 55.1 Å². The van der Waals surface area contributed by atoms with Crippen molar-refractivity contribution in [1.29, 1.82) is 0 Å². The molecule has 9 heteroatoms. The SMILES string of the molecule is CCNCCc1nn2c(C(F)(F)F)nnc2s1. The summed E-state index contributed by atoms with van der Waals surface area (Å²) in [6.45, 7) is 3.46. The molecule has 0 aliphatic rings. The lowest BCUT2D eigenvalue weighted by atomic mass is 10.4. The van der Waals surface area contributed by atoms with E-state index < -0.39 is 12.0 Å². The Morgan fingerprint density at radius 2 is 2.12 bits per heavy atom. The minimum Gasteiger partial charge on any atom is -0.317 e. The van der Waals surface area contributed by atoms with Crippen LogP contribution in [0.3, 0.4) is 0 Å². The van der Waals surface area contributed by atoms with Crippen molar-refractivity contribution in [2.45, 2.75) is 19.5 Å². The number of fused-ring (bicyclic) bond motifs is 1. The third-order valence-electron chi connectivity index (χ3n) is 2.05. The van der Waals surface area contributed by atoms with E-state index in [1.165, 1.54) is 0 Å². The third kappa shape index (κ3) is 2.55. The molecule has 0 bridgehead atoms. The average molecular weight is 265 g/mol. The van der Waals surface area contributed by atoms with Crippen molar-refractivity contribution in [3.8, 4) is 0 Å². The molecule has 17 heavy (non-hydrogen) atoms. The van der Waals surface area contributed by atoms with E-state index in [0.717, 1.165) is 22.4 Å². The maximum atomic E-state index is 12.5. The van der Waals surface area contributed by atoms with Gasteiger partial charge in [0, 0.05) is 13.0 Å². The molecule has 2 heterocycles. The first-order valence-corrected chi connectivity index (χ1v) is 5.83. The third-order valence-corrected chi connectivity index (χ3v) is 3.01. The molecule has 0 spiro atoms. The van der Waals surface area contributed by atoms with Crippen molar-refractivity contribution in [2.75, 3.05) is 13.1 Å². The molecule has 0 aromatic carbocycles. The normalized spacial score (nSPS) is 12.5. The van der Waals surface area contributed by atoms with E-state index in [1.807, 2.05) is 6.92 Å². The van der Waals surface area contributed by atoms with Crippen LogP contribution < -0.4 is 5.32 Å². The number of rotatable bonds is 4. The number of hydrogen-bond donors (Lipinski definition) is 1. The number of nitrogens with zero attached hydrogens (tertiary/aromatic N) is 4. The number of likely N-dealkylation sites (N-methyl/N-ethyl adjacent to an activating group) is 1. The molecule has 0 amide bonds. The van der Waals surface area contributed by atoms with Crippen molar-refractivity contribution >= 4 is 16.3 Å². The highest BCUT2D eigenvalue weighted by atomic mass is 32.1. The minimum atomic E-state index is -4.52. The Kier molecular flexibility index (Phi) is 3.29. The maximum Gasteiger partial charge on any atom is 0.453 e. The van der Waals surface area contributed by atoms with E-state index >= 15 is 0 Å². The van der Waals surface area contributed by atoms with Gasteiger partial charge in [0.25, 0.3) is 5.82 Å². The Morgan fingerprint density at radius 1 is 1.35 bits per heavy atom. The number of nitrogens with one attached hydrogen (secondary N) is 1. The largest absolute Gasteiger partial charge is 0.453 e. The summed E-state index contributed by atoms with van der Waals surface area (Å²) in [5, 5.41) is 14.1. The van der Waals surface area contributed by atoms with Gasteiger partial charge < -0.3 is 5.32 Å². The van der Waals surface area contributed by atoms with Crippen LogP contribution in [0.4, 0.5) is 13.2 Å². The molecule has 0 fully saturated rings. The molecule has 0 aliphatic heterocycles. The zero-order valence-electron chi connectivity index (χ0n) is 8.95. The Balaban J connectivity index is 2.23. The maximum absolute atomic E-state index is 12.5. The van der Waals surface area contributed by atoms with E-state index in [4.69, 9.17) is 0 Å². The van der Waals surface area contributed by atoms with Crippen LogP contribution >= 0.6 is 11.3 Å². The van der Waals surface area contributed by atoms with Crippen LogP contribution in [0, 0.1) is 0 Å². The van der Waals surface area contributed by atoms with E-state index in [2.05, 4.69) is 20.6 Å². The molecule has 0 aliphatic carbocycles. The summed E-state index contributed by atoms with van der Waals surface area (Å²) in [5.74, 6) is -1.07. The van der Waals surface area contributed by atoms with Crippen molar-refractivity contribution in [2.24, 2.45) is 0 Å². The van der Waals surface area contributed by atoms with Crippen LogP contribution in [0.25, 0.3) is 4.96 Å². The smallest absolute Gasteiger partial charge is 0.317 e. The second kappa shape index (κ2) is 4.57. The van der Waals surface area contributed by atoms with Gasteiger partial charge in [-0.05, 0) is 6.54 Å². The first-order valence-electron chi connectivity index (χ1n) is 5.01. The van der Waals surface area contributed by atoms with Gasteiger partial charge in [-0.3, -0.25) is 0 Å². The van der Waals surface area contributed by atoms with Gasteiger partial charge in [0.15, 0.2) is 0 Å². The second-order valence-corrected chi connectivity index (χ2v) is 4.36. The molecule has 2 aromatic rings. The molecule has 2 aromatic heterocycles. The fourth-order valence-corrected chi connectivity index (χ4v) is 2.14. The molecule has 2 rings (SSSR count). The first kappa shape index (κ1) is 12.2. The van der Waals surface area contributed by atoms with Crippen LogP contribution in [0.1, 0.15) is 17.8 Å². The lowest BCUT2D eigenvalue weighted by Gasteiger charge is -2.00. The van der Waals surface area contributed by atoms with E-state index in [-0.39, 0.29) is 4.96 Å². The predicted molar refractivity (Wildman–Crippen MR) is 55.9 cm³/mol. The van der Waals surface area contributed by atoms with Crippen LogP contribution in [-0.2, 0) is 12.6 Å². The summed E-state index contributed by atoms with van der Waals surface area (Å²) < 4.78 is 38.2. The standard InChI is InChI=1S/C8H10F3N5S/c1-2-12-4-3-5-15-16-6(8(9,10)11)13-14-7(16)17-5/h12H,2-4H2,1H3. The van der Waals surface area contributed by atoms with Gasteiger partial charge in [-0.25, -0.2) is 0 Å². The predicted octanol–water partition coefficient (Wildman–Crippen LogP) is 1.36. The molecule has 94 valence electrons. The Hall–Kier alpha value is -1.22. The minimum absolute atomic E-state index is 0.170. The van der Waals surface area contributed by atoms with Crippen LogP contribution in [0.5, 0.6) is 0 Å². The Morgan fingerprint density at radius 3 is 2.76 bits per heavy atom. The highest BCUT2D eigenvalue weighted by molar-refractivity contribution is 7.16. The van der Waals surface area contributed by atoms with Crippen LogP contribution in [0.15, 0.2) is 0 Å². The fraction of sp³-hybridized carbons (Fsp3) is 0.625. The van der Waals surface area contributed by atoms with Gasteiger partial charge in [-0.15, -0.1) is 10.2 Å². The number of aromatic nitrogens is 4. The summed E-state index contributed by atoms with van der Waals surface area (Å²) >= 11 is 1.12. The number of alkyl halides is 3. The molecular weight excluding hydrogens is 255 g/mol. The van der Waals surface area contributed by atoms with Crippen molar-refractivity contribution in [1.82, 2.24) is 25.1 Å². The molecule has 0 unspecified atom stereocenters. The zero-order valence-corrected chi connectivity index (χ0v) is 9.77. The van der Waals surface area contributed by atoms with Crippen molar-refractivity contribution in [3.63, 3.8) is 0 Å². The van der Waals surface area contributed by atoms with Gasteiger partial charge in [0.1, 0.15) is 5.01 Å². The molecular formula is C8H10F3N5S. The molecule has 1 N–H and O–H groups in total. The van der Waals surface area contributed by atoms with Gasteiger partial charge in [0.2, 0.25) is 4.96 Å². The zero-order chi connectivity index (χ0) is 12.5. The molecule has 0 saturated carbocycles. The van der Waals surface area contributed by atoms with Crippen LogP contribution in [0.2, 0.25) is 0 Å². The summed E-state index contributed by atoms with van der Waals surface area (Å²) in [6, 6.07) is 0. The quantitative estimate of drug-likeness (QED) is 0.848. The second-order valence-electron chi connectivity index (χ2n) is 3.32. The van der Waals surface area contributed by atoms with Gasteiger partial charge in [0.05, 0.1) is 0 Å². The van der Waals surface area contributed by atoms with Crippen LogP contribution in [-0.4, -0.2) is 32.9 Å². The lowest BCUT2D eigenvalue weighted by molar-refractivity contribution is -0.146. The fourth-order valence-electron chi connectivity index (χ4n) is 1.31. The molecule has 0 atom stereocenters. The van der Waals surface area contributed by atoms with E-state index in [9.17, 15) is 13.2 Å². The Labute approximate surface area is 98.7 Å². The van der Waals surface area contributed by atoms with Gasteiger partial charge >= 0.3 is 6.18 Å². The summed E-state index contributed by atoms with van der Waals surface area (Å²) in [4.78, 5) is 0.170. The monoisotopic (exact) mass is 265 g/mol. The summed E-state index contributed by atoms with van der Waals surface area (Å²) in [6.07, 6.45) is -3.94. The highest BCUT2D eigenvalue weighted by Crippen LogP contribution is 2.28. The molecule has 0 saturated heterocycles. The average Bonchev–Trinajstić information content (AvgIpc) is 2.74. The first-order chi connectivity index (χ1) is 8.02. The summed E-state index contributed by atoms with van der Waals surface area (Å²) in [5.41, 5.74) is 0. The lowest BCUT2D eigenvalue weighted by Crippen LogP contribution is -2.16. The molecule has 0 radical (unpaired) electrons. The van der Waals surface area contributed by atoms with E-state index in [0.29, 0.717) is 18.0 Å². The van der Waals surface area contributed by atoms with Crippen molar-refractivity contribution in [3.05, 3.63) is 10.8 Å². The van der Waals surface area contributed by atoms with Gasteiger partial charge in [-0.2, -0.15) is 22.8 Å². The highest BCUT2D eigenvalue weighted by Gasteiger charge is 2.38. The van der Waals surface area contributed by atoms with Crippen molar-refractivity contribution < 1.29 is 13.2 Å². The summed E-state index contributed by atoms with van der Waals surface area (Å²) in [7, 11) is 0. The van der Waals surface area contributed by atoms with E-state index in [1.54, 1.807) is 0 Å². The number of hydrogen-bond acceptors (Lipinski definition) is 5.